The number of rotatable bonds is 4. The van der Waals surface area contributed by atoms with Crippen LogP contribution in [0.3, 0.4) is 0 Å². The van der Waals surface area contributed by atoms with Crippen LogP contribution >= 0.6 is 0 Å². The molecule has 4 heteroatoms. The molecule has 1 aromatic carbocycles. The van der Waals surface area contributed by atoms with Crippen LogP contribution in [-0.2, 0) is 21.0 Å². The fraction of sp³-hybridized carbons (Fsp3) is 0.111. The lowest BCUT2D eigenvalue weighted by Gasteiger charge is -2.01. The summed E-state index contributed by atoms with van der Waals surface area (Å²) in [5.41, 5.74) is 2.90. The monoisotopic (exact) mass is 179 g/mol. The highest BCUT2D eigenvalue weighted by molar-refractivity contribution is 6.23. The summed E-state index contributed by atoms with van der Waals surface area (Å²) in [6.07, 6.45) is 0.158. The quantitative estimate of drug-likeness (QED) is 0.414. The van der Waals surface area contributed by atoms with E-state index in [1.54, 1.807) is 0 Å². The van der Waals surface area contributed by atoms with Crippen molar-refractivity contribution < 1.29 is 14.4 Å². The lowest BCUT2D eigenvalue weighted by atomic mass is 10.2. The van der Waals surface area contributed by atoms with Crippen LogP contribution < -0.4 is 5.48 Å². The molecule has 13 heavy (non-hydrogen) atoms. The molecule has 0 atom stereocenters. The zero-order valence-electron chi connectivity index (χ0n) is 6.90. The number of nitrogens with one attached hydrogen (secondary N) is 1. The highest BCUT2D eigenvalue weighted by Crippen LogP contribution is 1.98. The molecule has 0 bridgehead atoms. The molecule has 0 radical (unpaired) electrons. The molecular formula is C9H9NO3. The van der Waals surface area contributed by atoms with Crippen LogP contribution in [-0.4, -0.2) is 12.2 Å². The standard InChI is InChI=1S/C9H9NO3/c11-6-9(12)10-13-7-8-4-2-1-3-5-8/h1-6H,7H2,(H,10,12). The van der Waals surface area contributed by atoms with Gasteiger partial charge in [0.05, 0.1) is 6.61 Å². The maximum Gasteiger partial charge on any atom is 0.307 e. The van der Waals surface area contributed by atoms with Crippen molar-refractivity contribution in [2.75, 3.05) is 0 Å². The van der Waals surface area contributed by atoms with E-state index < -0.39 is 5.91 Å². The molecule has 0 aliphatic carbocycles. The number of benzene rings is 1. The summed E-state index contributed by atoms with van der Waals surface area (Å²) in [5.74, 6) is -0.782. The highest BCUT2D eigenvalue weighted by Gasteiger charge is 1.96. The number of carbonyl (C=O) groups excluding carboxylic acids is 2. The van der Waals surface area contributed by atoms with Crippen LogP contribution in [0.15, 0.2) is 30.3 Å². The summed E-state index contributed by atoms with van der Waals surface area (Å²) in [6.45, 7) is 0.250. The molecule has 0 heterocycles. The Morgan fingerprint density at radius 3 is 2.69 bits per heavy atom. The van der Waals surface area contributed by atoms with Crippen LogP contribution in [0.5, 0.6) is 0 Å². The normalized spacial score (nSPS) is 9.23. The van der Waals surface area contributed by atoms with Crippen molar-refractivity contribution in [1.82, 2.24) is 5.48 Å². The van der Waals surface area contributed by atoms with Gasteiger partial charge >= 0.3 is 5.91 Å². The third kappa shape index (κ3) is 3.48. The minimum atomic E-state index is -0.782. The number of carbonyl (C=O) groups is 2. The summed E-state index contributed by atoms with van der Waals surface area (Å²) < 4.78 is 0. The second-order valence-corrected chi connectivity index (χ2v) is 2.36. The highest BCUT2D eigenvalue weighted by atomic mass is 16.6. The fourth-order valence-electron chi connectivity index (χ4n) is 0.789. The Balaban J connectivity index is 2.28. The van der Waals surface area contributed by atoms with Crippen LogP contribution in [0.1, 0.15) is 5.56 Å². The minimum absolute atomic E-state index is 0.158. The van der Waals surface area contributed by atoms with E-state index in [0.717, 1.165) is 5.56 Å². The predicted molar refractivity (Wildman–Crippen MR) is 45.4 cm³/mol. The first-order valence-electron chi connectivity index (χ1n) is 3.74. The van der Waals surface area contributed by atoms with E-state index in [-0.39, 0.29) is 12.9 Å². The molecule has 0 spiro atoms. The number of aldehydes is 1. The van der Waals surface area contributed by atoms with Gasteiger partial charge in [0.15, 0.2) is 0 Å². The molecule has 0 aliphatic heterocycles. The summed E-state index contributed by atoms with van der Waals surface area (Å²) in [4.78, 5) is 25.0. The summed E-state index contributed by atoms with van der Waals surface area (Å²) >= 11 is 0. The molecule has 0 fully saturated rings. The molecule has 1 amide bonds. The lowest BCUT2D eigenvalue weighted by molar-refractivity contribution is -0.141. The van der Waals surface area contributed by atoms with Crippen LogP contribution in [0.4, 0.5) is 0 Å². The zero-order valence-corrected chi connectivity index (χ0v) is 6.90. The van der Waals surface area contributed by atoms with E-state index in [1.807, 2.05) is 35.8 Å². The fourth-order valence-corrected chi connectivity index (χ4v) is 0.789. The third-order valence-corrected chi connectivity index (χ3v) is 1.36. The topological polar surface area (TPSA) is 55.4 Å². The maximum atomic E-state index is 10.4. The Kier molecular flexibility index (Phi) is 3.66. The lowest BCUT2D eigenvalue weighted by Crippen LogP contribution is -2.24. The molecule has 0 aliphatic rings. The van der Waals surface area contributed by atoms with E-state index in [2.05, 4.69) is 0 Å². The van der Waals surface area contributed by atoms with Gasteiger partial charge in [0, 0.05) is 0 Å². The summed E-state index contributed by atoms with van der Waals surface area (Å²) in [5, 5.41) is 0. The zero-order chi connectivity index (χ0) is 9.52. The minimum Gasteiger partial charge on any atom is -0.292 e. The van der Waals surface area contributed by atoms with Gasteiger partial charge < -0.3 is 0 Å². The van der Waals surface area contributed by atoms with Gasteiger partial charge in [0.25, 0.3) is 0 Å². The first kappa shape index (κ1) is 9.41. The van der Waals surface area contributed by atoms with E-state index in [1.165, 1.54) is 0 Å². The van der Waals surface area contributed by atoms with Gasteiger partial charge in [-0.25, -0.2) is 5.48 Å². The molecule has 1 rings (SSSR count). The van der Waals surface area contributed by atoms with E-state index >= 15 is 0 Å². The molecular weight excluding hydrogens is 170 g/mol. The van der Waals surface area contributed by atoms with Crippen molar-refractivity contribution in [3.05, 3.63) is 35.9 Å². The maximum absolute atomic E-state index is 10.4. The van der Waals surface area contributed by atoms with Crippen LogP contribution in [0.25, 0.3) is 0 Å². The summed E-state index contributed by atoms with van der Waals surface area (Å²) in [6, 6.07) is 9.31. The van der Waals surface area contributed by atoms with Gasteiger partial charge in [-0.3, -0.25) is 14.4 Å². The number of hydrogen-bond donors (Lipinski definition) is 1. The van der Waals surface area contributed by atoms with Crippen molar-refractivity contribution in [1.29, 1.82) is 0 Å². The van der Waals surface area contributed by atoms with Gasteiger partial charge in [0.1, 0.15) is 0 Å². The first-order chi connectivity index (χ1) is 6.33. The van der Waals surface area contributed by atoms with Crippen molar-refractivity contribution in [2.24, 2.45) is 0 Å². The van der Waals surface area contributed by atoms with Crippen LogP contribution in [0.2, 0.25) is 0 Å². The second kappa shape index (κ2) is 5.05. The Morgan fingerprint density at radius 1 is 1.38 bits per heavy atom. The van der Waals surface area contributed by atoms with E-state index in [4.69, 9.17) is 4.84 Å². The number of amides is 1. The van der Waals surface area contributed by atoms with Crippen molar-refractivity contribution in [2.45, 2.75) is 6.61 Å². The molecule has 0 unspecified atom stereocenters. The van der Waals surface area contributed by atoms with Gasteiger partial charge in [0.2, 0.25) is 6.29 Å². The first-order valence-corrected chi connectivity index (χ1v) is 3.74. The Hall–Kier alpha value is -1.68. The molecule has 68 valence electrons. The third-order valence-electron chi connectivity index (χ3n) is 1.36. The Morgan fingerprint density at radius 2 is 2.08 bits per heavy atom. The number of hydroxylamine groups is 1. The largest absolute Gasteiger partial charge is 0.307 e. The van der Waals surface area contributed by atoms with Gasteiger partial charge in [-0.05, 0) is 5.56 Å². The molecule has 1 aromatic rings. The van der Waals surface area contributed by atoms with Gasteiger partial charge in [-0.15, -0.1) is 0 Å². The molecule has 0 aromatic heterocycles. The average Bonchev–Trinajstić information content (AvgIpc) is 2.19. The Bertz CT molecular complexity index is 284. The van der Waals surface area contributed by atoms with E-state index in [0.29, 0.717) is 0 Å². The van der Waals surface area contributed by atoms with Crippen LogP contribution in [0, 0.1) is 0 Å². The van der Waals surface area contributed by atoms with Gasteiger partial charge in [-0.2, -0.15) is 0 Å². The molecule has 1 N–H and O–H groups in total. The molecule has 0 saturated heterocycles. The van der Waals surface area contributed by atoms with Gasteiger partial charge in [-0.1, -0.05) is 30.3 Å². The van der Waals surface area contributed by atoms with E-state index in [9.17, 15) is 9.59 Å². The van der Waals surface area contributed by atoms with Crippen molar-refractivity contribution in [3.8, 4) is 0 Å². The molecule has 0 saturated carbocycles. The van der Waals surface area contributed by atoms with Crippen molar-refractivity contribution in [3.63, 3.8) is 0 Å². The summed E-state index contributed by atoms with van der Waals surface area (Å²) in [7, 11) is 0. The average molecular weight is 179 g/mol. The predicted octanol–water partition coefficient (Wildman–Crippen LogP) is 0.433. The molecule has 4 nitrogen and oxygen atoms in total. The number of hydrogen-bond acceptors (Lipinski definition) is 3. The van der Waals surface area contributed by atoms with Crippen molar-refractivity contribution >= 4 is 12.2 Å². The second-order valence-electron chi connectivity index (χ2n) is 2.36. The SMILES string of the molecule is O=CC(=O)NOCc1ccccc1. The smallest absolute Gasteiger partial charge is 0.292 e. The Labute approximate surface area is 75.5 Å².